The molecule has 1 saturated heterocycles. The van der Waals surface area contributed by atoms with Crippen LogP contribution in [0, 0.1) is 13.8 Å². The van der Waals surface area contributed by atoms with Crippen molar-refractivity contribution in [2.45, 2.75) is 26.5 Å². The minimum atomic E-state index is -1.01. The van der Waals surface area contributed by atoms with Crippen molar-refractivity contribution in [3.63, 3.8) is 0 Å². The maximum atomic E-state index is 13.4. The fourth-order valence-electron chi connectivity index (χ4n) is 4.59. The quantitative estimate of drug-likeness (QED) is 0.115. The first-order valence-corrected chi connectivity index (χ1v) is 13.8. The van der Waals surface area contributed by atoms with Gasteiger partial charge in [-0.3, -0.25) is 14.5 Å². The van der Waals surface area contributed by atoms with Crippen LogP contribution in [-0.2, 0) is 20.9 Å². The van der Waals surface area contributed by atoms with E-state index in [1.54, 1.807) is 55.5 Å². The molecular weight excluding hydrogens is 564 g/mol. The van der Waals surface area contributed by atoms with Gasteiger partial charge < -0.3 is 14.6 Å². The zero-order valence-corrected chi connectivity index (χ0v) is 24.0. The largest absolute Gasteiger partial charge is 0.507 e. The number of thiazole rings is 1. The number of anilines is 1. The van der Waals surface area contributed by atoms with Crippen molar-refractivity contribution in [2.75, 3.05) is 12.0 Å². The Labute approximate surface area is 245 Å². The average Bonchev–Trinajstić information content (AvgIpc) is 3.48. The maximum absolute atomic E-state index is 13.4. The minimum absolute atomic E-state index is 0.113. The van der Waals surface area contributed by atoms with Gasteiger partial charge in [-0.25, -0.2) is 9.78 Å². The van der Waals surface area contributed by atoms with Crippen LogP contribution in [0.3, 0.4) is 0 Å². The molecule has 0 spiro atoms. The topological polar surface area (TPSA) is 106 Å². The predicted octanol–water partition coefficient (Wildman–Crippen LogP) is 6.41. The van der Waals surface area contributed by atoms with Gasteiger partial charge in [0, 0.05) is 10.6 Å². The molecule has 1 amide bonds. The first kappa shape index (κ1) is 28.1. The second kappa shape index (κ2) is 11.6. The van der Waals surface area contributed by atoms with E-state index in [0.29, 0.717) is 34.2 Å². The van der Waals surface area contributed by atoms with Crippen LogP contribution in [-0.4, -0.2) is 34.9 Å². The Kier molecular flexibility index (Phi) is 7.92. The Bertz CT molecular complexity index is 1680. The molecule has 8 nitrogen and oxygen atoms in total. The molecule has 1 aromatic heterocycles. The fraction of sp³-hybridized carbons (Fsp3) is 0.161. The number of ether oxygens (including phenoxy) is 2. The van der Waals surface area contributed by atoms with Crippen LogP contribution in [0.1, 0.15) is 43.7 Å². The Morgan fingerprint density at radius 3 is 2.41 bits per heavy atom. The highest BCUT2D eigenvalue weighted by molar-refractivity contribution is 7.17. The highest BCUT2D eigenvalue weighted by Gasteiger charge is 2.48. The van der Waals surface area contributed by atoms with Crippen molar-refractivity contribution in [3.8, 4) is 5.75 Å². The summed E-state index contributed by atoms with van der Waals surface area (Å²) in [7, 11) is 1.25. The third-order valence-electron chi connectivity index (χ3n) is 6.61. The maximum Gasteiger partial charge on any atom is 0.350 e. The summed E-state index contributed by atoms with van der Waals surface area (Å²) in [4.78, 5) is 44.8. The van der Waals surface area contributed by atoms with E-state index in [9.17, 15) is 19.5 Å². The van der Waals surface area contributed by atoms with Crippen molar-refractivity contribution < 1.29 is 29.0 Å². The van der Waals surface area contributed by atoms with Gasteiger partial charge in [-0.15, -0.1) is 0 Å². The smallest absolute Gasteiger partial charge is 0.350 e. The lowest BCUT2D eigenvalue weighted by Gasteiger charge is -2.23. The molecule has 3 aromatic carbocycles. The number of hydrogen-bond acceptors (Lipinski definition) is 8. The molecule has 0 bridgehead atoms. The molecule has 5 rings (SSSR count). The van der Waals surface area contributed by atoms with E-state index in [4.69, 9.17) is 21.1 Å². The molecule has 1 aliphatic rings. The molecule has 1 unspecified atom stereocenters. The molecule has 0 aliphatic carbocycles. The van der Waals surface area contributed by atoms with Crippen LogP contribution in [0.15, 0.2) is 78.4 Å². The number of rotatable bonds is 7. The summed E-state index contributed by atoms with van der Waals surface area (Å²) in [6.45, 7) is 3.99. The molecule has 10 heteroatoms. The van der Waals surface area contributed by atoms with Crippen LogP contribution in [0.25, 0.3) is 5.76 Å². The predicted molar refractivity (Wildman–Crippen MR) is 156 cm³/mol. The number of esters is 1. The Morgan fingerprint density at radius 2 is 1.76 bits per heavy atom. The van der Waals surface area contributed by atoms with Crippen LogP contribution in [0.4, 0.5) is 5.13 Å². The van der Waals surface area contributed by atoms with Gasteiger partial charge in [0.05, 0.1) is 24.4 Å². The van der Waals surface area contributed by atoms with Gasteiger partial charge in [0.1, 0.15) is 23.0 Å². The number of aryl methyl sites for hydroxylation is 2. The summed E-state index contributed by atoms with van der Waals surface area (Å²) in [5, 5.41) is 12.0. The van der Waals surface area contributed by atoms with Gasteiger partial charge in [-0.2, -0.15) is 0 Å². The summed E-state index contributed by atoms with van der Waals surface area (Å²) >= 11 is 7.04. The van der Waals surface area contributed by atoms with Gasteiger partial charge >= 0.3 is 11.9 Å². The lowest BCUT2D eigenvalue weighted by molar-refractivity contribution is -0.132. The number of carbonyl (C=O) groups excluding carboxylic acids is 3. The number of aromatic nitrogens is 1. The molecule has 2 heterocycles. The van der Waals surface area contributed by atoms with Crippen molar-refractivity contribution in [1.82, 2.24) is 4.98 Å². The molecule has 1 N–H and O–H groups in total. The highest BCUT2D eigenvalue weighted by Crippen LogP contribution is 2.44. The minimum Gasteiger partial charge on any atom is -0.507 e. The van der Waals surface area contributed by atoms with Gasteiger partial charge in [0.25, 0.3) is 5.78 Å². The normalized spacial score (nSPS) is 16.2. The number of methoxy groups -OCH3 is 1. The molecule has 0 saturated carbocycles. The number of benzene rings is 3. The molecule has 4 aromatic rings. The van der Waals surface area contributed by atoms with Crippen molar-refractivity contribution in [3.05, 3.63) is 116 Å². The average molecular weight is 589 g/mol. The number of ketones is 1. The molecule has 1 aliphatic heterocycles. The van der Waals surface area contributed by atoms with Gasteiger partial charge in [-0.1, -0.05) is 64.9 Å². The van der Waals surface area contributed by atoms with E-state index in [2.05, 4.69) is 4.98 Å². The molecule has 41 heavy (non-hydrogen) atoms. The van der Waals surface area contributed by atoms with Crippen LogP contribution >= 0.6 is 22.9 Å². The van der Waals surface area contributed by atoms with E-state index >= 15 is 0 Å². The summed E-state index contributed by atoms with van der Waals surface area (Å²) in [6.07, 6.45) is 0. The van der Waals surface area contributed by atoms with E-state index < -0.39 is 23.7 Å². The summed E-state index contributed by atoms with van der Waals surface area (Å²) in [5.41, 5.74) is 3.25. The number of aliphatic hydroxyl groups is 1. The number of Topliss-reactive ketones (excluding diaryl/α,β-unsaturated/α-hetero) is 1. The summed E-state index contributed by atoms with van der Waals surface area (Å²) in [6, 6.07) is 20.2. The highest BCUT2D eigenvalue weighted by atomic mass is 35.5. The van der Waals surface area contributed by atoms with Gasteiger partial charge in [-0.05, 0) is 61.4 Å². The number of nitrogens with zero attached hydrogens (tertiary/aromatic N) is 2. The van der Waals surface area contributed by atoms with Gasteiger partial charge in [0.2, 0.25) is 0 Å². The monoisotopic (exact) mass is 588 g/mol. The van der Waals surface area contributed by atoms with E-state index in [1.807, 2.05) is 31.2 Å². The standard InChI is InChI=1S/C31H25ClN2O6S/c1-17-5-4-6-19(15-17)16-40-23-13-9-21(10-14-23)26(35)24-25(20-7-11-22(32)12-8-20)34(29(37)27(24)36)31-33-18(2)28(41-31)30(38)39-3/h4-15,25,35H,16H2,1-3H3. The fourth-order valence-corrected chi connectivity index (χ4v) is 5.73. The Morgan fingerprint density at radius 1 is 1.05 bits per heavy atom. The molecule has 0 radical (unpaired) electrons. The van der Waals surface area contributed by atoms with Crippen LogP contribution in [0.2, 0.25) is 5.02 Å². The number of carbonyl (C=O) groups is 3. The first-order valence-electron chi connectivity index (χ1n) is 12.6. The number of hydrogen-bond donors (Lipinski definition) is 1. The van der Waals surface area contributed by atoms with E-state index in [-0.39, 0.29) is 21.3 Å². The molecule has 208 valence electrons. The van der Waals surface area contributed by atoms with Crippen LogP contribution in [0.5, 0.6) is 5.75 Å². The van der Waals surface area contributed by atoms with Crippen molar-refractivity contribution >= 4 is 51.5 Å². The zero-order chi connectivity index (χ0) is 29.3. The second-order valence-corrected chi connectivity index (χ2v) is 10.8. The Hall–Kier alpha value is -4.47. The van der Waals surface area contributed by atoms with E-state index in [1.165, 1.54) is 12.0 Å². The second-order valence-electron chi connectivity index (χ2n) is 9.43. The van der Waals surface area contributed by atoms with Gasteiger partial charge in [0.15, 0.2) is 5.13 Å². The lowest BCUT2D eigenvalue weighted by atomic mass is 9.95. The van der Waals surface area contributed by atoms with Crippen LogP contribution < -0.4 is 9.64 Å². The lowest BCUT2D eigenvalue weighted by Crippen LogP contribution is -2.29. The third kappa shape index (κ3) is 5.59. The summed E-state index contributed by atoms with van der Waals surface area (Å²) in [5.74, 6) is -2.14. The van der Waals surface area contributed by atoms with E-state index in [0.717, 1.165) is 22.5 Å². The number of amides is 1. The molecular formula is C31H25ClN2O6S. The zero-order valence-electron chi connectivity index (χ0n) is 22.4. The number of aliphatic hydroxyl groups excluding tert-OH is 1. The molecule has 1 fully saturated rings. The van der Waals surface area contributed by atoms with Crippen molar-refractivity contribution in [1.29, 1.82) is 0 Å². The van der Waals surface area contributed by atoms with Crippen molar-refractivity contribution in [2.24, 2.45) is 0 Å². The Balaban J connectivity index is 1.52. The third-order valence-corrected chi connectivity index (χ3v) is 8.00. The first-order chi connectivity index (χ1) is 19.7. The SMILES string of the molecule is COC(=O)c1sc(N2C(=O)C(=O)C(=C(O)c3ccc(OCc4cccc(C)c4)cc3)C2c2ccc(Cl)cc2)nc1C. The number of halogens is 1. The molecule has 1 atom stereocenters. The summed E-state index contributed by atoms with van der Waals surface area (Å²) < 4.78 is 10.7.